The molecule has 0 aliphatic carbocycles. The molecule has 3 N–H and O–H groups in total. The fourth-order valence-corrected chi connectivity index (χ4v) is 1.99. The fraction of sp³-hybridized carbons (Fsp3) is 0.462. The van der Waals surface area contributed by atoms with Crippen LogP contribution in [0.15, 0.2) is 18.2 Å². The largest absolute Gasteiger partial charge is 0.328 e. The van der Waals surface area contributed by atoms with Crippen molar-refractivity contribution in [1.29, 1.82) is 0 Å². The molecule has 1 aliphatic heterocycles. The number of carbonyl (C=O) groups excluding carboxylic acids is 1. The molecule has 0 saturated carbocycles. The van der Waals surface area contributed by atoms with E-state index >= 15 is 0 Å². The van der Waals surface area contributed by atoms with Gasteiger partial charge in [0.2, 0.25) is 5.91 Å². The number of anilines is 1. The zero-order valence-corrected chi connectivity index (χ0v) is 9.62. The Balaban J connectivity index is 2.02. The van der Waals surface area contributed by atoms with Crippen molar-refractivity contribution >= 4 is 11.6 Å². The highest BCUT2D eigenvalue weighted by Crippen LogP contribution is 2.24. The number of hydrogen-bond donors (Lipinski definition) is 2. The lowest BCUT2D eigenvalue weighted by atomic mass is 10.0. The van der Waals surface area contributed by atoms with Gasteiger partial charge < -0.3 is 11.1 Å². The van der Waals surface area contributed by atoms with Crippen molar-refractivity contribution in [3.8, 4) is 0 Å². The number of aryl methyl sites for hydroxylation is 1. The monoisotopic (exact) mass is 218 g/mol. The van der Waals surface area contributed by atoms with Gasteiger partial charge in [-0.1, -0.05) is 19.1 Å². The van der Waals surface area contributed by atoms with E-state index in [0.717, 1.165) is 30.5 Å². The Morgan fingerprint density at radius 1 is 1.50 bits per heavy atom. The van der Waals surface area contributed by atoms with Crippen LogP contribution in [-0.2, 0) is 17.6 Å². The van der Waals surface area contributed by atoms with E-state index in [0.29, 0.717) is 6.42 Å². The van der Waals surface area contributed by atoms with Crippen LogP contribution in [0.3, 0.4) is 0 Å². The van der Waals surface area contributed by atoms with Crippen molar-refractivity contribution in [1.82, 2.24) is 0 Å². The summed E-state index contributed by atoms with van der Waals surface area (Å²) in [6.45, 7) is 2.11. The van der Waals surface area contributed by atoms with Gasteiger partial charge >= 0.3 is 0 Å². The zero-order chi connectivity index (χ0) is 11.5. The summed E-state index contributed by atoms with van der Waals surface area (Å²) in [5.41, 5.74) is 9.25. The summed E-state index contributed by atoms with van der Waals surface area (Å²) in [5, 5.41) is 2.84. The first-order valence-corrected chi connectivity index (χ1v) is 5.86. The number of nitrogens with one attached hydrogen (secondary N) is 1. The summed E-state index contributed by atoms with van der Waals surface area (Å²) in [6, 6.07) is 6.48. The van der Waals surface area contributed by atoms with Gasteiger partial charge in [-0.05, 0) is 36.5 Å². The quantitative estimate of drug-likeness (QED) is 0.810. The molecule has 2 rings (SSSR count). The molecule has 1 aromatic carbocycles. The van der Waals surface area contributed by atoms with Gasteiger partial charge in [0.25, 0.3) is 0 Å². The summed E-state index contributed by atoms with van der Waals surface area (Å²) < 4.78 is 0. The van der Waals surface area contributed by atoms with Crippen molar-refractivity contribution in [2.75, 3.05) is 5.32 Å². The van der Waals surface area contributed by atoms with Crippen molar-refractivity contribution in [3.05, 3.63) is 29.3 Å². The van der Waals surface area contributed by atoms with Gasteiger partial charge in [0.05, 0.1) is 6.42 Å². The van der Waals surface area contributed by atoms with Crippen LogP contribution < -0.4 is 11.1 Å². The van der Waals surface area contributed by atoms with E-state index in [4.69, 9.17) is 5.73 Å². The summed E-state index contributed by atoms with van der Waals surface area (Å²) in [7, 11) is 0. The van der Waals surface area contributed by atoms with Gasteiger partial charge in [-0.15, -0.1) is 0 Å². The van der Waals surface area contributed by atoms with Crippen molar-refractivity contribution in [3.63, 3.8) is 0 Å². The van der Waals surface area contributed by atoms with Gasteiger partial charge in [-0.25, -0.2) is 0 Å². The first-order valence-electron chi connectivity index (χ1n) is 5.86. The maximum Gasteiger partial charge on any atom is 0.228 e. The molecule has 1 atom stereocenters. The molecule has 1 aliphatic rings. The number of benzene rings is 1. The maximum atomic E-state index is 11.2. The van der Waals surface area contributed by atoms with Crippen LogP contribution in [-0.4, -0.2) is 11.9 Å². The van der Waals surface area contributed by atoms with Gasteiger partial charge in [0, 0.05) is 11.7 Å². The molecule has 3 heteroatoms. The van der Waals surface area contributed by atoms with E-state index in [1.165, 1.54) is 5.56 Å². The summed E-state index contributed by atoms with van der Waals surface area (Å²) >= 11 is 0. The number of rotatable bonds is 4. The lowest BCUT2D eigenvalue weighted by molar-refractivity contribution is -0.115. The van der Waals surface area contributed by atoms with Crippen LogP contribution in [0.25, 0.3) is 0 Å². The Morgan fingerprint density at radius 2 is 2.31 bits per heavy atom. The van der Waals surface area contributed by atoms with Crippen molar-refractivity contribution < 1.29 is 4.79 Å². The molecule has 0 spiro atoms. The minimum Gasteiger partial charge on any atom is -0.328 e. The molecule has 3 nitrogen and oxygen atoms in total. The second-order valence-electron chi connectivity index (χ2n) is 4.42. The van der Waals surface area contributed by atoms with Gasteiger partial charge in [0.15, 0.2) is 0 Å². The summed E-state index contributed by atoms with van der Waals surface area (Å²) in [4.78, 5) is 11.2. The first kappa shape index (κ1) is 11.1. The minimum atomic E-state index is 0.0948. The second kappa shape index (κ2) is 4.66. The predicted octanol–water partition coefficient (Wildman–Crippen LogP) is 1.85. The average Bonchev–Trinajstić information content (AvgIpc) is 2.65. The predicted molar refractivity (Wildman–Crippen MR) is 65.4 cm³/mol. The Labute approximate surface area is 96.0 Å². The fourth-order valence-electron chi connectivity index (χ4n) is 1.99. The first-order chi connectivity index (χ1) is 7.69. The number of amides is 1. The lowest BCUT2D eigenvalue weighted by Crippen LogP contribution is -2.19. The molecule has 1 amide bonds. The zero-order valence-electron chi connectivity index (χ0n) is 9.62. The second-order valence-corrected chi connectivity index (χ2v) is 4.42. The molecule has 1 heterocycles. The molecular weight excluding hydrogens is 200 g/mol. The molecule has 1 aromatic rings. The van der Waals surface area contributed by atoms with E-state index in [2.05, 4.69) is 24.4 Å². The molecular formula is C13H18N2O. The number of fused-ring (bicyclic) bond motifs is 1. The van der Waals surface area contributed by atoms with Crippen LogP contribution >= 0.6 is 0 Å². The summed E-state index contributed by atoms with van der Waals surface area (Å²) in [6.07, 6.45) is 3.54. The highest BCUT2D eigenvalue weighted by atomic mass is 16.1. The number of nitrogens with two attached hydrogens (primary N) is 1. The molecule has 86 valence electrons. The average molecular weight is 218 g/mol. The molecule has 16 heavy (non-hydrogen) atoms. The van der Waals surface area contributed by atoms with Crippen LogP contribution in [0.2, 0.25) is 0 Å². The van der Waals surface area contributed by atoms with Crippen molar-refractivity contribution in [2.24, 2.45) is 5.73 Å². The maximum absolute atomic E-state index is 11.2. The molecule has 0 saturated heterocycles. The van der Waals surface area contributed by atoms with E-state index in [9.17, 15) is 4.79 Å². The topological polar surface area (TPSA) is 55.1 Å². The highest BCUT2D eigenvalue weighted by Gasteiger charge is 2.17. The van der Waals surface area contributed by atoms with Crippen LogP contribution in [0.1, 0.15) is 30.9 Å². The highest BCUT2D eigenvalue weighted by molar-refractivity contribution is 5.99. The molecule has 1 unspecified atom stereocenters. The Hall–Kier alpha value is -1.35. The van der Waals surface area contributed by atoms with Crippen LogP contribution in [0, 0.1) is 0 Å². The third kappa shape index (κ3) is 2.42. The van der Waals surface area contributed by atoms with Crippen LogP contribution in [0.4, 0.5) is 5.69 Å². The Kier molecular flexibility index (Phi) is 3.25. The van der Waals surface area contributed by atoms with Gasteiger partial charge in [-0.2, -0.15) is 0 Å². The molecule has 0 bridgehead atoms. The third-order valence-electron chi connectivity index (χ3n) is 3.12. The molecule has 0 aromatic heterocycles. The standard InChI is InChI=1S/C13H18N2O/c1-2-11(14)5-3-9-4-6-12-10(7-9)8-13(16)15-12/h4,6-7,11H,2-3,5,8,14H2,1H3,(H,15,16). The summed E-state index contributed by atoms with van der Waals surface area (Å²) in [5.74, 6) is 0.0948. The van der Waals surface area contributed by atoms with E-state index < -0.39 is 0 Å². The third-order valence-corrected chi connectivity index (χ3v) is 3.12. The van der Waals surface area contributed by atoms with Crippen molar-refractivity contribution in [2.45, 2.75) is 38.6 Å². The van der Waals surface area contributed by atoms with E-state index in [1.807, 2.05) is 6.07 Å². The minimum absolute atomic E-state index is 0.0948. The number of carbonyl (C=O) groups is 1. The lowest BCUT2D eigenvalue weighted by Gasteiger charge is -2.09. The SMILES string of the molecule is CCC(N)CCc1ccc2c(c1)CC(=O)N2. The van der Waals surface area contributed by atoms with Gasteiger partial charge in [0.1, 0.15) is 0 Å². The molecule has 0 radical (unpaired) electrons. The smallest absolute Gasteiger partial charge is 0.228 e. The van der Waals surface area contributed by atoms with E-state index in [1.54, 1.807) is 0 Å². The van der Waals surface area contributed by atoms with Gasteiger partial charge in [-0.3, -0.25) is 4.79 Å². The van der Waals surface area contributed by atoms with Crippen LogP contribution in [0.5, 0.6) is 0 Å². The van der Waals surface area contributed by atoms with E-state index in [-0.39, 0.29) is 11.9 Å². The Bertz CT molecular complexity index is 401. The number of hydrogen-bond acceptors (Lipinski definition) is 2. The normalized spacial score (nSPS) is 15.8. The Morgan fingerprint density at radius 3 is 3.06 bits per heavy atom. The molecule has 0 fully saturated rings.